The average molecular weight is 373 g/mol. The molecular weight excluding hydrogens is 358 g/mol. The van der Waals surface area contributed by atoms with E-state index in [1.165, 1.54) is 29.2 Å². The number of aromatic nitrogens is 4. The Morgan fingerprint density at radius 1 is 1.12 bits per heavy atom. The zero-order valence-electron chi connectivity index (χ0n) is 13.0. The summed E-state index contributed by atoms with van der Waals surface area (Å²) in [6, 6.07) is 11.2. The first-order chi connectivity index (χ1) is 12.1. The molecule has 0 fully saturated rings. The molecule has 0 aliphatic carbocycles. The van der Waals surface area contributed by atoms with Gasteiger partial charge in [-0.3, -0.25) is 4.79 Å². The highest BCUT2D eigenvalue weighted by molar-refractivity contribution is 7.98. The Balaban J connectivity index is 1.55. The number of rotatable bonds is 6. The molecule has 0 bridgehead atoms. The van der Waals surface area contributed by atoms with Crippen LogP contribution in [0.15, 0.2) is 41.6 Å². The molecule has 0 spiro atoms. The molecule has 0 saturated carbocycles. The number of nitrogens with zero attached hydrogens (tertiary/aromatic N) is 4. The number of carbonyl (C=O) groups excluding carboxylic acids is 1. The maximum Gasteiger partial charge on any atom is 0.282 e. The van der Waals surface area contributed by atoms with Crippen LogP contribution in [-0.4, -0.2) is 26.1 Å². The van der Waals surface area contributed by atoms with Gasteiger partial charge in [0, 0.05) is 12.6 Å². The Labute approximate surface area is 152 Å². The minimum absolute atomic E-state index is 0.248. The van der Waals surface area contributed by atoms with Crippen LogP contribution in [0, 0.1) is 0 Å². The molecule has 0 atom stereocenters. The first kappa shape index (κ1) is 17.1. The zero-order chi connectivity index (χ0) is 17.6. The number of hydrogen-bond acceptors (Lipinski definition) is 9. The molecule has 2 aromatic heterocycles. The Morgan fingerprint density at radius 2 is 1.84 bits per heavy atom. The lowest BCUT2D eigenvalue weighted by molar-refractivity contribution is 0.0950. The molecule has 1 aromatic carbocycles. The fourth-order valence-electron chi connectivity index (χ4n) is 1.91. The molecule has 0 aliphatic heterocycles. The second-order valence-electron chi connectivity index (χ2n) is 4.96. The quantitative estimate of drug-likeness (QED) is 0.439. The van der Waals surface area contributed by atoms with Crippen LogP contribution < -0.4 is 16.8 Å². The van der Waals surface area contributed by atoms with Gasteiger partial charge in [-0.2, -0.15) is 0 Å². The second-order valence-corrected chi connectivity index (χ2v) is 6.96. The van der Waals surface area contributed by atoms with Crippen molar-refractivity contribution in [3.8, 4) is 0 Å². The van der Waals surface area contributed by atoms with Crippen LogP contribution in [0.3, 0.4) is 0 Å². The fourth-order valence-corrected chi connectivity index (χ4v) is 3.52. The number of benzene rings is 1. The number of hydrogen-bond donors (Lipinski definition) is 3. The van der Waals surface area contributed by atoms with Crippen molar-refractivity contribution in [1.82, 2.24) is 25.5 Å². The van der Waals surface area contributed by atoms with Gasteiger partial charge in [0.1, 0.15) is 16.6 Å². The number of nitrogens with one attached hydrogen (secondary N) is 1. The molecule has 10 heteroatoms. The van der Waals surface area contributed by atoms with Crippen LogP contribution in [0.2, 0.25) is 0 Å². The summed E-state index contributed by atoms with van der Waals surface area (Å²) < 4.78 is 0. The topological polar surface area (TPSA) is 133 Å². The van der Waals surface area contributed by atoms with E-state index in [2.05, 4.69) is 25.5 Å². The highest BCUT2D eigenvalue weighted by Gasteiger charge is 2.13. The molecule has 25 heavy (non-hydrogen) atoms. The van der Waals surface area contributed by atoms with Gasteiger partial charge in [-0.15, -0.1) is 10.2 Å². The van der Waals surface area contributed by atoms with Gasteiger partial charge in [0.2, 0.25) is 5.01 Å². The largest absolute Gasteiger partial charge is 0.383 e. The average Bonchev–Trinajstić information content (AvgIpc) is 3.07. The number of thioether (sulfide) groups is 1. The van der Waals surface area contributed by atoms with Crippen LogP contribution in [0.5, 0.6) is 0 Å². The Morgan fingerprint density at radius 3 is 2.56 bits per heavy atom. The van der Waals surface area contributed by atoms with E-state index in [-0.39, 0.29) is 5.91 Å². The van der Waals surface area contributed by atoms with Gasteiger partial charge in [0.15, 0.2) is 5.16 Å². The summed E-state index contributed by atoms with van der Waals surface area (Å²) in [4.78, 5) is 20.3. The predicted molar refractivity (Wildman–Crippen MR) is 97.9 cm³/mol. The van der Waals surface area contributed by atoms with E-state index in [0.29, 0.717) is 39.1 Å². The van der Waals surface area contributed by atoms with Gasteiger partial charge in [-0.25, -0.2) is 9.97 Å². The molecule has 3 aromatic rings. The smallest absolute Gasteiger partial charge is 0.282 e. The number of carbonyl (C=O) groups is 1. The normalized spacial score (nSPS) is 10.6. The van der Waals surface area contributed by atoms with E-state index in [0.717, 1.165) is 5.56 Å². The van der Waals surface area contributed by atoms with Crippen molar-refractivity contribution in [2.24, 2.45) is 0 Å². The molecular formula is C15H15N7OS2. The van der Waals surface area contributed by atoms with Crippen LogP contribution in [0.4, 0.5) is 11.6 Å². The first-order valence-electron chi connectivity index (χ1n) is 7.27. The maximum absolute atomic E-state index is 12.1. The van der Waals surface area contributed by atoms with Crippen molar-refractivity contribution in [2.75, 3.05) is 11.5 Å². The molecule has 0 saturated heterocycles. The number of nitrogen functional groups attached to an aromatic ring is 2. The SMILES string of the molecule is Nc1cc(N)nc(SCc2nnc(C(=O)NCc3ccccc3)s2)n1. The lowest BCUT2D eigenvalue weighted by Crippen LogP contribution is -2.22. The van der Waals surface area contributed by atoms with Gasteiger partial charge in [0.05, 0.1) is 5.75 Å². The van der Waals surface area contributed by atoms with Gasteiger partial charge in [-0.05, 0) is 5.56 Å². The summed E-state index contributed by atoms with van der Waals surface area (Å²) in [7, 11) is 0. The van der Waals surface area contributed by atoms with E-state index in [1.54, 1.807) is 0 Å². The molecule has 0 aliphatic rings. The maximum atomic E-state index is 12.1. The molecule has 0 radical (unpaired) electrons. The van der Waals surface area contributed by atoms with E-state index in [9.17, 15) is 4.79 Å². The predicted octanol–water partition coefficient (Wildman–Crippen LogP) is 1.71. The zero-order valence-corrected chi connectivity index (χ0v) is 14.7. The third-order valence-electron chi connectivity index (χ3n) is 3.03. The van der Waals surface area contributed by atoms with Crippen molar-refractivity contribution in [3.05, 3.63) is 52.0 Å². The fraction of sp³-hybridized carbons (Fsp3) is 0.133. The molecule has 5 N–H and O–H groups in total. The Kier molecular flexibility index (Phi) is 5.41. The lowest BCUT2D eigenvalue weighted by atomic mass is 10.2. The number of nitrogens with two attached hydrogens (primary N) is 2. The van der Waals surface area contributed by atoms with E-state index >= 15 is 0 Å². The highest BCUT2D eigenvalue weighted by Crippen LogP contribution is 2.23. The monoisotopic (exact) mass is 373 g/mol. The van der Waals surface area contributed by atoms with Gasteiger partial charge in [-0.1, -0.05) is 53.4 Å². The van der Waals surface area contributed by atoms with Crippen LogP contribution >= 0.6 is 23.1 Å². The van der Waals surface area contributed by atoms with Crippen LogP contribution in [0.25, 0.3) is 0 Å². The van der Waals surface area contributed by atoms with Gasteiger partial charge in [0.25, 0.3) is 5.91 Å². The molecule has 3 rings (SSSR count). The summed E-state index contributed by atoms with van der Waals surface area (Å²) in [6.07, 6.45) is 0. The summed E-state index contributed by atoms with van der Waals surface area (Å²) in [5, 5.41) is 12.2. The molecule has 2 heterocycles. The summed E-state index contributed by atoms with van der Waals surface area (Å²) >= 11 is 2.56. The number of anilines is 2. The Bertz CT molecular complexity index is 849. The third kappa shape index (κ3) is 4.88. The molecule has 8 nitrogen and oxygen atoms in total. The molecule has 0 unspecified atom stereocenters. The third-order valence-corrected chi connectivity index (χ3v) is 4.99. The molecule has 128 valence electrons. The summed E-state index contributed by atoms with van der Waals surface area (Å²) in [5.41, 5.74) is 12.3. The minimum atomic E-state index is -0.248. The van der Waals surface area contributed by atoms with Gasteiger partial charge < -0.3 is 16.8 Å². The molecule has 1 amide bonds. The standard InChI is InChI=1S/C15H15N7OS2/c16-10-6-11(17)20-15(19-10)24-8-12-21-22-14(25-12)13(23)18-7-9-4-2-1-3-5-9/h1-6H,7-8H2,(H,18,23)(H4,16,17,19,20). The van der Waals surface area contributed by atoms with Crippen molar-refractivity contribution in [3.63, 3.8) is 0 Å². The van der Waals surface area contributed by atoms with Crippen molar-refractivity contribution >= 4 is 40.6 Å². The first-order valence-corrected chi connectivity index (χ1v) is 9.07. The minimum Gasteiger partial charge on any atom is -0.383 e. The summed E-state index contributed by atoms with van der Waals surface area (Å²) in [6.45, 7) is 0.444. The van der Waals surface area contributed by atoms with Gasteiger partial charge >= 0.3 is 0 Å². The van der Waals surface area contributed by atoms with Crippen LogP contribution in [-0.2, 0) is 12.3 Å². The van der Waals surface area contributed by atoms with Crippen molar-refractivity contribution in [2.45, 2.75) is 17.5 Å². The van der Waals surface area contributed by atoms with E-state index < -0.39 is 0 Å². The van der Waals surface area contributed by atoms with E-state index in [1.807, 2.05) is 30.3 Å². The Hall–Kier alpha value is -2.72. The summed E-state index contributed by atoms with van der Waals surface area (Å²) in [5.74, 6) is 0.857. The lowest BCUT2D eigenvalue weighted by Gasteiger charge is -2.02. The van der Waals surface area contributed by atoms with Crippen molar-refractivity contribution < 1.29 is 4.79 Å². The highest BCUT2D eigenvalue weighted by atomic mass is 32.2. The van der Waals surface area contributed by atoms with Crippen LogP contribution in [0.1, 0.15) is 20.4 Å². The number of amides is 1. The second kappa shape index (κ2) is 7.90. The van der Waals surface area contributed by atoms with Crippen molar-refractivity contribution in [1.29, 1.82) is 0 Å². The van der Waals surface area contributed by atoms with E-state index in [4.69, 9.17) is 11.5 Å².